The van der Waals surface area contributed by atoms with Gasteiger partial charge in [0.25, 0.3) is 5.91 Å². The number of anilines is 1. The van der Waals surface area contributed by atoms with Crippen LogP contribution in [0.4, 0.5) is 5.69 Å². The van der Waals surface area contributed by atoms with E-state index < -0.39 is 0 Å². The molecule has 5 nitrogen and oxygen atoms in total. The number of amides is 1. The summed E-state index contributed by atoms with van der Waals surface area (Å²) in [7, 11) is 0. The smallest absolute Gasteiger partial charge is 0.255 e. The van der Waals surface area contributed by atoms with Crippen LogP contribution in [0, 0.1) is 35.5 Å². The first kappa shape index (κ1) is 33.8. The van der Waals surface area contributed by atoms with Gasteiger partial charge in [-0.15, -0.1) is 0 Å². The quantitative estimate of drug-likeness (QED) is 0.283. The van der Waals surface area contributed by atoms with Crippen molar-refractivity contribution in [1.82, 2.24) is 0 Å². The summed E-state index contributed by atoms with van der Waals surface area (Å²) in [5, 5.41) is 18.8. The topological polar surface area (TPSA) is 93.8 Å². The number of aryl methyl sites for hydroxylation is 1. The molecule has 0 unspecified atom stereocenters. The zero-order chi connectivity index (χ0) is 29.0. The molecule has 212 valence electrons. The molecule has 0 radical (unpaired) electrons. The number of nitriles is 1. The van der Waals surface area contributed by atoms with E-state index in [9.17, 15) is 9.59 Å². The normalized spacial score (nSPS) is 12.4. The van der Waals surface area contributed by atoms with Gasteiger partial charge >= 0.3 is 0 Å². The molecule has 0 aromatic heterocycles. The average Bonchev–Trinajstić information content (AvgIpc) is 3.49. The van der Waals surface area contributed by atoms with E-state index in [0.717, 1.165) is 36.3 Å². The Morgan fingerprint density at radius 1 is 1.00 bits per heavy atom. The molecule has 3 rings (SSSR count). The van der Waals surface area contributed by atoms with Crippen LogP contribution < -0.4 is 5.32 Å². The molecule has 39 heavy (non-hydrogen) atoms. The zero-order valence-corrected chi connectivity index (χ0v) is 24.8. The lowest BCUT2D eigenvalue weighted by molar-refractivity contribution is -0.122. The number of nitrogens with zero attached hydrogens (tertiary/aromatic N) is 1. The molecule has 0 heterocycles. The standard InChI is InChI=1S/C16H13N3O.C10H22.C8H14O/c1-11-7-15(6-5-14(11)10-18)19-16(20)13-4-2-3-12(8-13)9-17;1-4-7-10(8-5-2)9-6-3;1-2-8(9)7-5-3-4-6-7/h2-8,10,18H,1H3,(H,19,20);10H,4-9H2,1-3H3;7H,2-6H2,1H3. The third-order valence-corrected chi connectivity index (χ3v) is 7.19. The molecule has 1 amide bonds. The minimum absolute atomic E-state index is 0.260. The van der Waals surface area contributed by atoms with Gasteiger partial charge in [0.1, 0.15) is 5.78 Å². The molecule has 1 fully saturated rings. The molecule has 2 aromatic carbocycles. The predicted molar refractivity (Wildman–Crippen MR) is 164 cm³/mol. The summed E-state index contributed by atoms with van der Waals surface area (Å²) in [5.41, 5.74) is 3.30. The first-order valence-corrected chi connectivity index (χ1v) is 14.8. The van der Waals surface area contributed by atoms with Crippen LogP contribution in [-0.4, -0.2) is 17.9 Å². The third kappa shape index (κ3) is 12.9. The lowest BCUT2D eigenvalue weighted by Crippen LogP contribution is -2.12. The second-order valence-corrected chi connectivity index (χ2v) is 10.4. The Balaban J connectivity index is 0.000000335. The van der Waals surface area contributed by atoms with Crippen molar-refractivity contribution in [2.75, 3.05) is 5.32 Å². The number of ketones is 1. The summed E-state index contributed by atoms with van der Waals surface area (Å²) in [4.78, 5) is 23.1. The molecular weight excluding hydrogens is 482 g/mol. The van der Waals surface area contributed by atoms with Gasteiger partial charge in [0.2, 0.25) is 0 Å². The first-order chi connectivity index (χ1) is 18.8. The summed E-state index contributed by atoms with van der Waals surface area (Å²) in [6.45, 7) is 10.7. The number of carbonyl (C=O) groups is 2. The largest absolute Gasteiger partial charge is 0.322 e. The van der Waals surface area contributed by atoms with Gasteiger partial charge in [0.15, 0.2) is 0 Å². The van der Waals surface area contributed by atoms with Crippen LogP contribution in [0.15, 0.2) is 42.5 Å². The van der Waals surface area contributed by atoms with Crippen molar-refractivity contribution >= 4 is 23.6 Å². The average molecular weight is 532 g/mol. The van der Waals surface area contributed by atoms with Gasteiger partial charge in [-0.05, 0) is 67.1 Å². The zero-order valence-electron chi connectivity index (χ0n) is 24.8. The van der Waals surface area contributed by atoms with E-state index in [1.54, 1.807) is 36.4 Å². The Hall–Kier alpha value is -3.26. The Morgan fingerprint density at radius 3 is 2.10 bits per heavy atom. The molecule has 5 heteroatoms. The summed E-state index contributed by atoms with van der Waals surface area (Å²) < 4.78 is 0. The van der Waals surface area contributed by atoms with Crippen LogP contribution in [0.3, 0.4) is 0 Å². The fourth-order valence-electron chi connectivity index (χ4n) is 5.04. The summed E-state index contributed by atoms with van der Waals surface area (Å²) in [5.74, 6) is 1.69. The van der Waals surface area contributed by atoms with Crippen molar-refractivity contribution in [3.8, 4) is 6.07 Å². The van der Waals surface area contributed by atoms with E-state index in [0.29, 0.717) is 28.5 Å². The molecule has 0 aliphatic heterocycles. The third-order valence-electron chi connectivity index (χ3n) is 7.19. The van der Waals surface area contributed by atoms with Crippen molar-refractivity contribution in [1.29, 1.82) is 10.7 Å². The molecule has 1 aliphatic carbocycles. The highest BCUT2D eigenvalue weighted by Crippen LogP contribution is 2.26. The number of rotatable bonds is 11. The summed E-state index contributed by atoms with van der Waals surface area (Å²) in [6.07, 6.45) is 15.3. The maximum absolute atomic E-state index is 12.1. The van der Waals surface area contributed by atoms with E-state index in [4.69, 9.17) is 10.7 Å². The van der Waals surface area contributed by atoms with Crippen LogP contribution in [0.1, 0.15) is 125 Å². The van der Waals surface area contributed by atoms with E-state index >= 15 is 0 Å². The molecule has 0 bridgehead atoms. The number of hydrogen-bond donors (Lipinski definition) is 2. The Bertz CT molecular complexity index is 1050. The minimum atomic E-state index is -0.260. The molecule has 2 N–H and O–H groups in total. The highest BCUT2D eigenvalue weighted by molar-refractivity contribution is 6.04. The van der Waals surface area contributed by atoms with Gasteiger partial charge in [-0.1, -0.05) is 91.2 Å². The maximum atomic E-state index is 12.1. The van der Waals surface area contributed by atoms with E-state index in [1.807, 2.05) is 26.0 Å². The van der Waals surface area contributed by atoms with E-state index in [1.165, 1.54) is 57.6 Å². The SMILES string of the molecule is CCC(=O)C1CCCC1.CCCC(CCC)CCC.Cc1cc(NC(=O)c2cccc(C#N)c2)ccc1C=N. The highest BCUT2D eigenvalue weighted by atomic mass is 16.1. The van der Waals surface area contributed by atoms with Gasteiger partial charge in [-0.25, -0.2) is 0 Å². The molecule has 0 atom stereocenters. The highest BCUT2D eigenvalue weighted by Gasteiger charge is 2.20. The Morgan fingerprint density at radius 2 is 1.62 bits per heavy atom. The number of Topliss-reactive ketones (excluding diaryl/α,β-unsaturated/α-hetero) is 1. The second-order valence-electron chi connectivity index (χ2n) is 10.4. The van der Waals surface area contributed by atoms with Crippen LogP contribution in [0.2, 0.25) is 0 Å². The van der Waals surface area contributed by atoms with Gasteiger partial charge < -0.3 is 10.7 Å². The summed E-state index contributed by atoms with van der Waals surface area (Å²) in [6, 6.07) is 13.9. The lowest BCUT2D eigenvalue weighted by atomic mass is 9.94. The number of benzene rings is 2. The Labute approximate surface area is 236 Å². The fourth-order valence-corrected chi connectivity index (χ4v) is 5.04. The maximum Gasteiger partial charge on any atom is 0.255 e. The van der Waals surface area contributed by atoms with Gasteiger partial charge in [-0.3, -0.25) is 9.59 Å². The van der Waals surface area contributed by atoms with Crippen LogP contribution in [0.5, 0.6) is 0 Å². The van der Waals surface area contributed by atoms with Gasteiger partial charge in [0.05, 0.1) is 11.6 Å². The van der Waals surface area contributed by atoms with Crippen molar-refractivity contribution in [3.05, 3.63) is 64.7 Å². The number of hydrogen-bond acceptors (Lipinski definition) is 4. The fraction of sp³-hybridized carbons (Fsp3) is 0.529. The van der Waals surface area contributed by atoms with Crippen LogP contribution in [-0.2, 0) is 4.79 Å². The molecule has 0 spiro atoms. The molecule has 1 aliphatic rings. The molecule has 2 aromatic rings. The first-order valence-electron chi connectivity index (χ1n) is 14.8. The lowest BCUT2D eigenvalue weighted by Gasteiger charge is -2.12. The second kappa shape index (κ2) is 19.8. The Kier molecular flexibility index (Phi) is 17.1. The van der Waals surface area contributed by atoms with Crippen molar-refractivity contribution in [2.45, 2.75) is 105 Å². The number of nitrogens with one attached hydrogen (secondary N) is 2. The van der Waals surface area contributed by atoms with Gasteiger partial charge in [-0.2, -0.15) is 5.26 Å². The van der Waals surface area contributed by atoms with E-state index in [-0.39, 0.29) is 5.91 Å². The van der Waals surface area contributed by atoms with Gasteiger partial charge in [0, 0.05) is 29.8 Å². The van der Waals surface area contributed by atoms with Crippen molar-refractivity contribution in [3.63, 3.8) is 0 Å². The predicted octanol–water partition coefficient (Wildman–Crippen LogP) is 9.28. The minimum Gasteiger partial charge on any atom is -0.322 e. The number of carbonyl (C=O) groups excluding carboxylic acids is 2. The van der Waals surface area contributed by atoms with Crippen molar-refractivity contribution < 1.29 is 9.59 Å². The molecular formula is C34H49N3O2. The van der Waals surface area contributed by atoms with E-state index in [2.05, 4.69) is 26.1 Å². The monoisotopic (exact) mass is 531 g/mol. The van der Waals surface area contributed by atoms with Crippen LogP contribution >= 0.6 is 0 Å². The van der Waals surface area contributed by atoms with Crippen molar-refractivity contribution in [2.24, 2.45) is 11.8 Å². The summed E-state index contributed by atoms with van der Waals surface area (Å²) >= 11 is 0. The van der Waals surface area contributed by atoms with Crippen LogP contribution in [0.25, 0.3) is 0 Å². The molecule has 0 saturated heterocycles. The molecule has 1 saturated carbocycles.